The second kappa shape index (κ2) is 9.89. The standard InChI is InChI=1S/C21H23Cl2N3O4S/c1-2-12-31(29,30)25-16-8-6-15(7-9-16)24-20(27)19-4-3-11-26(19)21(28)17-13-14(22)5-10-18(17)23/h5-10,13,19,25H,2-4,11-12H2,1H3,(H,24,27). The smallest absolute Gasteiger partial charge is 0.256 e. The van der Waals surface area contributed by atoms with Gasteiger partial charge in [-0.15, -0.1) is 0 Å². The second-order valence-corrected chi connectivity index (χ2v) is 9.95. The van der Waals surface area contributed by atoms with E-state index in [-0.39, 0.29) is 28.2 Å². The van der Waals surface area contributed by atoms with Crippen molar-refractivity contribution in [3.05, 3.63) is 58.1 Å². The molecule has 7 nitrogen and oxygen atoms in total. The van der Waals surface area contributed by atoms with Gasteiger partial charge in [-0.3, -0.25) is 14.3 Å². The molecule has 1 atom stereocenters. The van der Waals surface area contributed by atoms with Crippen LogP contribution in [0.5, 0.6) is 0 Å². The van der Waals surface area contributed by atoms with Gasteiger partial charge in [0.1, 0.15) is 6.04 Å². The number of halogens is 2. The summed E-state index contributed by atoms with van der Waals surface area (Å²) in [6, 6.07) is 10.4. The van der Waals surface area contributed by atoms with Gasteiger partial charge in [-0.25, -0.2) is 8.42 Å². The summed E-state index contributed by atoms with van der Waals surface area (Å²) in [5.74, 6) is -0.623. The van der Waals surface area contributed by atoms with Crippen molar-refractivity contribution in [3.8, 4) is 0 Å². The monoisotopic (exact) mass is 483 g/mol. The lowest BCUT2D eigenvalue weighted by atomic mass is 10.1. The average molecular weight is 484 g/mol. The molecule has 166 valence electrons. The molecule has 31 heavy (non-hydrogen) atoms. The van der Waals surface area contributed by atoms with Crippen LogP contribution in [-0.4, -0.2) is 43.5 Å². The molecule has 0 aromatic heterocycles. The van der Waals surface area contributed by atoms with Gasteiger partial charge in [0.2, 0.25) is 15.9 Å². The van der Waals surface area contributed by atoms with Crippen LogP contribution in [0.1, 0.15) is 36.5 Å². The lowest BCUT2D eigenvalue weighted by Gasteiger charge is -2.24. The Morgan fingerprint density at radius 1 is 1.10 bits per heavy atom. The molecule has 0 bridgehead atoms. The Labute approximate surface area is 191 Å². The molecule has 2 aromatic rings. The Kier molecular flexibility index (Phi) is 7.46. The normalized spacial score (nSPS) is 16.2. The quantitative estimate of drug-likeness (QED) is 0.610. The number of nitrogens with zero attached hydrogens (tertiary/aromatic N) is 1. The van der Waals surface area contributed by atoms with E-state index in [4.69, 9.17) is 23.2 Å². The molecule has 2 amide bonds. The summed E-state index contributed by atoms with van der Waals surface area (Å²) in [7, 11) is -3.39. The highest BCUT2D eigenvalue weighted by Gasteiger charge is 2.35. The Morgan fingerprint density at radius 2 is 1.77 bits per heavy atom. The van der Waals surface area contributed by atoms with Gasteiger partial charge in [-0.2, -0.15) is 0 Å². The molecule has 1 aliphatic rings. The second-order valence-electron chi connectivity index (χ2n) is 7.27. The first-order chi connectivity index (χ1) is 14.7. The maximum atomic E-state index is 13.0. The highest BCUT2D eigenvalue weighted by molar-refractivity contribution is 7.92. The zero-order valence-electron chi connectivity index (χ0n) is 16.9. The first kappa shape index (κ1) is 23.4. The minimum absolute atomic E-state index is 0.0354. The topological polar surface area (TPSA) is 95.6 Å². The van der Waals surface area contributed by atoms with E-state index < -0.39 is 16.1 Å². The maximum Gasteiger partial charge on any atom is 0.256 e. The molecule has 1 heterocycles. The van der Waals surface area contributed by atoms with Gasteiger partial charge >= 0.3 is 0 Å². The van der Waals surface area contributed by atoms with E-state index >= 15 is 0 Å². The summed E-state index contributed by atoms with van der Waals surface area (Å²) in [6.07, 6.45) is 1.74. The van der Waals surface area contributed by atoms with E-state index in [1.54, 1.807) is 43.3 Å². The molecule has 3 rings (SSSR count). The summed E-state index contributed by atoms with van der Waals surface area (Å²) in [4.78, 5) is 27.3. The molecule has 0 spiro atoms. The van der Waals surface area contributed by atoms with E-state index in [1.165, 1.54) is 11.0 Å². The van der Waals surface area contributed by atoms with Crippen LogP contribution in [0.3, 0.4) is 0 Å². The minimum Gasteiger partial charge on any atom is -0.327 e. The third-order valence-electron chi connectivity index (χ3n) is 4.87. The van der Waals surface area contributed by atoms with Gasteiger partial charge in [-0.1, -0.05) is 30.1 Å². The lowest BCUT2D eigenvalue weighted by Crippen LogP contribution is -2.43. The Balaban J connectivity index is 1.68. The van der Waals surface area contributed by atoms with Crippen LogP contribution in [0, 0.1) is 0 Å². The van der Waals surface area contributed by atoms with E-state index in [0.29, 0.717) is 42.2 Å². The van der Waals surface area contributed by atoms with Gasteiger partial charge in [0, 0.05) is 22.9 Å². The molecule has 2 N–H and O–H groups in total. The zero-order valence-corrected chi connectivity index (χ0v) is 19.2. The fourth-order valence-electron chi connectivity index (χ4n) is 3.44. The predicted octanol–water partition coefficient (Wildman–Crippen LogP) is 4.39. The van der Waals surface area contributed by atoms with Crippen LogP contribution in [0.15, 0.2) is 42.5 Å². The van der Waals surface area contributed by atoms with Gasteiger partial charge in [0.15, 0.2) is 0 Å². The number of anilines is 2. The van der Waals surface area contributed by atoms with E-state index in [2.05, 4.69) is 10.0 Å². The number of carbonyl (C=O) groups excluding carboxylic acids is 2. The molecule has 0 aliphatic carbocycles. The van der Waals surface area contributed by atoms with Crippen LogP contribution in [0.4, 0.5) is 11.4 Å². The Morgan fingerprint density at radius 3 is 2.45 bits per heavy atom. The lowest BCUT2D eigenvalue weighted by molar-refractivity contribution is -0.119. The zero-order chi connectivity index (χ0) is 22.6. The van der Waals surface area contributed by atoms with Crippen LogP contribution < -0.4 is 10.0 Å². The highest BCUT2D eigenvalue weighted by atomic mass is 35.5. The molecule has 0 radical (unpaired) electrons. The van der Waals surface area contributed by atoms with E-state index in [9.17, 15) is 18.0 Å². The number of likely N-dealkylation sites (tertiary alicyclic amines) is 1. The number of benzene rings is 2. The number of sulfonamides is 1. The van der Waals surface area contributed by atoms with Gasteiger partial charge in [0.25, 0.3) is 5.91 Å². The molecule has 1 saturated heterocycles. The van der Waals surface area contributed by atoms with Gasteiger partial charge < -0.3 is 10.2 Å². The number of nitrogens with one attached hydrogen (secondary N) is 2. The third-order valence-corrected chi connectivity index (χ3v) is 6.93. The molecular formula is C21H23Cl2N3O4S. The molecule has 2 aromatic carbocycles. The Hall–Kier alpha value is -2.29. The summed E-state index contributed by atoms with van der Waals surface area (Å²) in [5, 5.41) is 3.46. The fourth-order valence-corrected chi connectivity index (χ4v) is 4.95. The van der Waals surface area contributed by atoms with Crippen molar-refractivity contribution < 1.29 is 18.0 Å². The number of carbonyl (C=O) groups is 2. The summed E-state index contributed by atoms with van der Waals surface area (Å²) in [5.41, 5.74) is 1.18. The molecule has 0 saturated carbocycles. The highest BCUT2D eigenvalue weighted by Crippen LogP contribution is 2.27. The molecule has 1 fully saturated rings. The fraction of sp³-hybridized carbons (Fsp3) is 0.333. The summed E-state index contributed by atoms with van der Waals surface area (Å²) >= 11 is 12.1. The minimum atomic E-state index is -3.39. The first-order valence-corrected chi connectivity index (χ1v) is 12.3. The predicted molar refractivity (Wildman–Crippen MR) is 123 cm³/mol. The van der Waals surface area contributed by atoms with E-state index in [1.807, 2.05) is 0 Å². The number of hydrogen-bond acceptors (Lipinski definition) is 4. The van der Waals surface area contributed by atoms with Crippen molar-refractivity contribution in [1.29, 1.82) is 0 Å². The van der Waals surface area contributed by atoms with Gasteiger partial charge in [0.05, 0.1) is 16.3 Å². The Bertz CT molecular complexity index is 1070. The molecular weight excluding hydrogens is 461 g/mol. The first-order valence-electron chi connectivity index (χ1n) is 9.87. The van der Waals surface area contributed by atoms with Crippen molar-refractivity contribution in [2.24, 2.45) is 0 Å². The maximum absolute atomic E-state index is 13.0. The van der Waals surface area contributed by atoms with Crippen LogP contribution >= 0.6 is 23.2 Å². The van der Waals surface area contributed by atoms with Crippen LogP contribution in [-0.2, 0) is 14.8 Å². The average Bonchev–Trinajstić information content (AvgIpc) is 3.20. The van der Waals surface area contributed by atoms with Crippen molar-refractivity contribution in [2.45, 2.75) is 32.2 Å². The molecule has 1 unspecified atom stereocenters. The molecule has 10 heteroatoms. The summed E-state index contributed by atoms with van der Waals surface area (Å²) in [6.45, 7) is 2.23. The number of rotatable bonds is 7. The number of amides is 2. The third kappa shape index (κ3) is 5.90. The SMILES string of the molecule is CCCS(=O)(=O)Nc1ccc(NC(=O)C2CCCN2C(=O)c2cc(Cl)ccc2Cl)cc1. The summed E-state index contributed by atoms with van der Waals surface area (Å²) < 4.78 is 26.2. The van der Waals surface area contributed by atoms with E-state index in [0.717, 1.165) is 0 Å². The largest absolute Gasteiger partial charge is 0.327 e. The van der Waals surface area contributed by atoms with Crippen molar-refractivity contribution >= 4 is 56.4 Å². The van der Waals surface area contributed by atoms with Crippen LogP contribution in [0.2, 0.25) is 10.0 Å². The van der Waals surface area contributed by atoms with Crippen molar-refractivity contribution in [1.82, 2.24) is 4.90 Å². The van der Waals surface area contributed by atoms with Crippen LogP contribution in [0.25, 0.3) is 0 Å². The van der Waals surface area contributed by atoms with Gasteiger partial charge in [-0.05, 0) is 61.7 Å². The van der Waals surface area contributed by atoms with Crippen molar-refractivity contribution in [2.75, 3.05) is 22.3 Å². The number of hydrogen-bond donors (Lipinski definition) is 2. The molecule has 1 aliphatic heterocycles. The van der Waals surface area contributed by atoms with Crippen molar-refractivity contribution in [3.63, 3.8) is 0 Å².